The second kappa shape index (κ2) is 8.08. The molecule has 0 bridgehead atoms. The van der Waals surface area contributed by atoms with Crippen molar-refractivity contribution in [1.29, 1.82) is 0 Å². The number of rotatable bonds is 8. The van der Waals surface area contributed by atoms with Gasteiger partial charge in [0.15, 0.2) is 5.13 Å². The number of carbonyl (C=O) groups excluding carboxylic acids is 1. The summed E-state index contributed by atoms with van der Waals surface area (Å²) in [6.07, 6.45) is 0. The lowest BCUT2D eigenvalue weighted by atomic mass is 10.3. The summed E-state index contributed by atoms with van der Waals surface area (Å²) in [6.45, 7) is 1.86. The maximum Gasteiger partial charge on any atom is 0.433 e. The molecule has 1 rings (SSSR count). The quantitative estimate of drug-likeness (QED) is 0.331. The van der Waals surface area contributed by atoms with Crippen LogP contribution in [0.1, 0.15) is 12.6 Å². The number of nitrogens with zero attached hydrogens (tertiary/aromatic N) is 2. The largest absolute Gasteiger partial charge is 0.461 e. The van der Waals surface area contributed by atoms with Crippen LogP contribution in [0.25, 0.3) is 0 Å². The van der Waals surface area contributed by atoms with Gasteiger partial charge in [-0.05, 0) is 6.92 Å². The van der Waals surface area contributed by atoms with E-state index in [1.807, 2.05) is 0 Å². The third-order valence-corrected chi connectivity index (χ3v) is 4.47. The summed E-state index contributed by atoms with van der Waals surface area (Å²) in [5, 5.41) is 7.88. The van der Waals surface area contributed by atoms with E-state index >= 15 is 0 Å². The molecule has 0 unspecified atom stereocenters. The summed E-state index contributed by atoms with van der Waals surface area (Å²) in [5.41, 5.74) is 0.134. The van der Waals surface area contributed by atoms with Crippen LogP contribution in [0.4, 0.5) is 5.13 Å². The minimum absolute atomic E-state index is 0.0895. The Kier molecular flexibility index (Phi) is 6.76. The van der Waals surface area contributed by atoms with Crippen LogP contribution in [0, 0.1) is 0 Å². The van der Waals surface area contributed by atoms with Gasteiger partial charge in [0.05, 0.1) is 6.61 Å². The summed E-state index contributed by atoms with van der Waals surface area (Å²) in [6, 6.07) is 0. The zero-order valence-electron chi connectivity index (χ0n) is 12.0. The normalized spacial score (nSPS) is 12.1. The predicted octanol–water partition coefficient (Wildman–Crippen LogP) is 1.87. The first kappa shape index (κ1) is 17.6. The molecule has 0 aromatic carbocycles. The fourth-order valence-corrected chi connectivity index (χ4v) is 2.90. The van der Waals surface area contributed by atoms with E-state index < -0.39 is 13.7 Å². The Hall–Kier alpha value is -1.48. The Morgan fingerprint density at radius 3 is 2.62 bits per heavy atom. The van der Waals surface area contributed by atoms with Crippen molar-refractivity contribution in [3.63, 3.8) is 0 Å². The number of hydrogen-bond donors (Lipinski definition) is 1. The highest BCUT2D eigenvalue weighted by Gasteiger charge is 2.25. The van der Waals surface area contributed by atoms with Crippen LogP contribution in [0.2, 0.25) is 0 Å². The van der Waals surface area contributed by atoms with Gasteiger partial charge in [-0.1, -0.05) is 5.16 Å². The van der Waals surface area contributed by atoms with E-state index in [2.05, 4.69) is 20.1 Å². The SMILES string of the molecule is CCOC(=O)/C(=N/OC)c1csc(NP(=O)(OC)OC)n1. The maximum absolute atomic E-state index is 11.9. The predicted molar refractivity (Wildman–Crippen MR) is 77.5 cm³/mol. The Morgan fingerprint density at radius 2 is 2.10 bits per heavy atom. The highest BCUT2D eigenvalue weighted by Crippen LogP contribution is 2.46. The molecule has 118 valence electrons. The van der Waals surface area contributed by atoms with Gasteiger partial charge in [-0.25, -0.2) is 14.3 Å². The highest BCUT2D eigenvalue weighted by atomic mass is 32.1. The first-order chi connectivity index (χ1) is 9.99. The average molecular weight is 337 g/mol. The van der Waals surface area contributed by atoms with Crippen molar-refractivity contribution >= 4 is 35.9 Å². The second-order valence-corrected chi connectivity index (χ2v) is 6.16. The molecule has 9 nitrogen and oxygen atoms in total. The summed E-state index contributed by atoms with van der Waals surface area (Å²) >= 11 is 1.10. The van der Waals surface area contributed by atoms with Crippen molar-refractivity contribution in [3.8, 4) is 0 Å². The number of carbonyl (C=O) groups is 1. The van der Waals surface area contributed by atoms with Gasteiger partial charge >= 0.3 is 13.7 Å². The molecule has 0 spiro atoms. The van der Waals surface area contributed by atoms with Crippen molar-refractivity contribution < 1.29 is 28.0 Å². The fraction of sp³-hybridized carbons (Fsp3) is 0.500. The maximum atomic E-state index is 11.9. The zero-order chi connectivity index (χ0) is 15.9. The van der Waals surface area contributed by atoms with Gasteiger partial charge in [0.2, 0.25) is 5.71 Å². The minimum atomic E-state index is -3.46. The molecule has 1 aromatic heterocycles. The van der Waals surface area contributed by atoms with Gasteiger partial charge < -0.3 is 9.57 Å². The lowest BCUT2D eigenvalue weighted by molar-refractivity contribution is -0.135. The summed E-state index contributed by atoms with van der Waals surface area (Å²) in [4.78, 5) is 20.4. The van der Waals surface area contributed by atoms with E-state index in [1.54, 1.807) is 6.92 Å². The molecular weight excluding hydrogens is 321 g/mol. The average Bonchev–Trinajstić information content (AvgIpc) is 2.92. The number of ether oxygens (including phenoxy) is 1. The van der Waals surface area contributed by atoms with Crippen molar-refractivity contribution in [2.24, 2.45) is 5.16 Å². The lowest BCUT2D eigenvalue weighted by Gasteiger charge is -2.12. The molecule has 1 aromatic rings. The van der Waals surface area contributed by atoms with Crippen molar-refractivity contribution in [2.45, 2.75) is 6.92 Å². The van der Waals surface area contributed by atoms with Crippen molar-refractivity contribution in [3.05, 3.63) is 11.1 Å². The first-order valence-corrected chi connectivity index (χ1v) is 8.15. The molecule has 11 heteroatoms. The van der Waals surface area contributed by atoms with Gasteiger partial charge in [0.25, 0.3) is 0 Å². The van der Waals surface area contributed by atoms with E-state index in [-0.39, 0.29) is 23.1 Å². The molecule has 0 aliphatic rings. The van der Waals surface area contributed by atoms with Crippen molar-refractivity contribution in [2.75, 3.05) is 33.0 Å². The molecule has 0 saturated carbocycles. The summed E-state index contributed by atoms with van der Waals surface area (Å²) < 4.78 is 26.3. The fourth-order valence-electron chi connectivity index (χ4n) is 1.20. The Labute approximate surface area is 125 Å². The second-order valence-electron chi connectivity index (χ2n) is 3.36. The van der Waals surface area contributed by atoms with Crippen LogP contribution >= 0.6 is 19.1 Å². The smallest absolute Gasteiger partial charge is 0.433 e. The number of nitrogens with one attached hydrogen (secondary N) is 1. The number of aromatic nitrogens is 1. The number of thiazole rings is 1. The van der Waals surface area contributed by atoms with Crippen LogP contribution in [0.15, 0.2) is 10.5 Å². The summed E-state index contributed by atoms with van der Waals surface area (Å²) in [5.74, 6) is -0.669. The molecule has 21 heavy (non-hydrogen) atoms. The van der Waals surface area contributed by atoms with E-state index in [0.29, 0.717) is 0 Å². The number of esters is 1. The molecule has 0 atom stereocenters. The third-order valence-electron chi connectivity index (χ3n) is 2.11. The molecule has 1 heterocycles. The molecule has 0 fully saturated rings. The molecular formula is C10H16N3O6PS. The third kappa shape index (κ3) is 4.78. The zero-order valence-corrected chi connectivity index (χ0v) is 13.7. The van der Waals surface area contributed by atoms with E-state index in [4.69, 9.17) is 13.8 Å². The van der Waals surface area contributed by atoms with Crippen LogP contribution in [-0.2, 0) is 28.0 Å². The van der Waals surface area contributed by atoms with Gasteiger partial charge in [-0.15, -0.1) is 11.3 Å². The number of oxime groups is 1. The minimum Gasteiger partial charge on any atom is -0.461 e. The van der Waals surface area contributed by atoms with Crippen molar-refractivity contribution in [1.82, 2.24) is 4.98 Å². The molecule has 0 amide bonds. The molecule has 0 aliphatic carbocycles. The van der Waals surface area contributed by atoms with Crippen LogP contribution in [0.5, 0.6) is 0 Å². The van der Waals surface area contributed by atoms with E-state index in [9.17, 15) is 9.36 Å². The van der Waals surface area contributed by atoms with Gasteiger partial charge in [-0.3, -0.25) is 14.1 Å². The molecule has 1 N–H and O–H groups in total. The monoisotopic (exact) mass is 337 g/mol. The van der Waals surface area contributed by atoms with Crippen LogP contribution in [-0.4, -0.2) is 44.6 Å². The van der Waals surface area contributed by atoms with E-state index in [1.165, 1.54) is 26.7 Å². The Morgan fingerprint density at radius 1 is 1.43 bits per heavy atom. The Bertz CT molecular complexity index is 553. The van der Waals surface area contributed by atoms with Crippen LogP contribution in [0.3, 0.4) is 0 Å². The lowest BCUT2D eigenvalue weighted by Crippen LogP contribution is -2.19. The highest BCUT2D eigenvalue weighted by molar-refractivity contribution is 7.56. The standard InChI is InChI=1S/C10H16N3O6PS/c1-5-19-9(14)8(12-16-2)7-6-21-10(11-7)13-20(15,17-3)18-4/h6H,5H2,1-4H3,(H,11,13,15)/b12-8+. The van der Waals surface area contributed by atoms with Gasteiger partial charge in [0, 0.05) is 19.6 Å². The number of hydrogen-bond acceptors (Lipinski definition) is 9. The van der Waals surface area contributed by atoms with Gasteiger partial charge in [0.1, 0.15) is 12.8 Å². The number of anilines is 1. The molecule has 0 radical (unpaired) electrons. The first-order valence-electron chi connectivity index (χ1n) is 5.73. The summed E-state index contributed by atoms with van der Waals surface area (Å²) in [7, 11) is 0.316. The van der Waals surface area contributed by atoms with Crippen LogP contribution < -0.4 is 5.09 Å². The van der Waals surface area contributed by atoms with E-state index in [0.717, 1.165) is 11.3 Å². The Balaban J connectivity index is 2.97. The molecule has 0 aliphatic heterocycles. The molecule has 0 saturated heterocycles. The van der Waals surface area contributed by atoms with Gasteiger partial charge in [-0.2, -0.15) is 0 Å². The topological polar surface area (TPSA) is 108 Å².